The molecule has 0 atom stereocenters. The highest BCUT2D eigenvalue weighted by Gasteiger charge is 2.07. The lowest BCUT2D eigenvalue weighted by atomic mass is 10.2. The van der Waals surface area contributed by atoms with Crippen molar-refractivity contribution >= 4 is 39.0 Å². The van der Waals surface area contributed by atoms with Crippen LogP contribution in [0.25, 0.3) is 23.2 Å². The van der Waals surface area contributed by atoms with Crippen LogP contribution in [0.2, 0.25) is 0 Å². The lowest BCUT2D eigenvalue weighted by Gasteiger charge is -2.20. The summed E-state index contributed by atoms with van der Waals surface area (Å²) in [5.41, 5.74) is 5.47. The highest BCUT2D eigenvalue weighted by molar-refractivity contribution is 7.85. The highest BCUT2D eigenvalue weighted by Crippen LogP contribution is 2.17. The molecule has 2 N–H and O–H groups in total. The predicted molar refractivity (Wildman–Crippen MR) is 136 cm³/mol. The highest BCUT2D eigenvalue weighted by atomic mass is 32.2. The minimum absolute atomic E-state index is 0.0666. The van der Waals surface area contributed by atoms with E-state index in [1.807, 2.05) is 37.3 Å². The Morgan fingerprint density at radius 3 is 2.12 bits per heavy atom. The Morgan fingerprint density at radius 1 is 0.909 bits per heavy atom. The molecule has 0 fully saturated rings. The molecule has 0 saturated heterocycles. The number of nitrogens with zero attached hydrogens (tertiary/aromatic N) is 2. The van der Waals surface area contributed by atoms with Gasteiger partial charge in [0.25, 0.3) is 10.1 Å². The zero-order chi connectivity index (χ0) is 23.8. The third-order valence-corrected chi connectivity index (χ3v) is 6.05. The largest absolute Gasteiger partial charge is 0.372 e. The number of para-hydroxylation sites is 2. The van der Waals surface area contributed by atoms with Crippen molar-refractivity contribution in [2.45, 2.75) is 25.7 Å². The fourth-order valence-electron chi connectivity index (χ4n) is 3.32. The van der Waals surface area contributed by atoms with E-state index < -0.39 is 10.1 Å². The van der Waals surface area contributed by atoms with Crippen molar-refractivity contribution < 1.29 is 13.0 Å². The van der Waals surface area contributed by atoms with Gasteiger partial charge in [0.05, 0.1) is 15.9 Å². The Labute approximate surface area is 195 Å². The number of hydrogen-bond acceptors (Lipinski definition) is 4. The van der Waals surface area contributed by atoms with E-state index in [2.05, 4.69) is 59.1 Å². The van der Waals surface area contributed by atoms with Gasteiger partial charge >= 0.3 is 0 Å². The Balaban J connectivity index is 0.000000235. The van der Waals surface area contributed by atoms with Crippen LogP contribution < -0.4 is 4.90 Å². The van der Waals surface area contributed by atoms with E-state index in [1.165, 1.54) is 23.4 Å². The third-order valence-electron chi connectivity index (χ3n) is 5.18. The van der Waals surface area contributed by atoms with E-state index in [4.69, 9.17) is 4.55 Å². The summed E-state index contributed by atoms with van der Waals surface area (Å²) in [6, 6.07) is 22.7. The summed E-state index contributed by atoms with van der Waals surface area (Å²) in [7, 11) is -4.02. The molecule has 4 rings (SSSR count). The number of aromatic nitrogens is 2. The Morgan fingerprint density at radius 2 is 1.55 bits per heavy atom. The molecule has 0 saturated carbocycles. The van der Waals surface area contributed by atoms with Crippen molar-refractivity contribution in [2.75, 3.05) is 18.0 Å². The van der Waals surface area contributed by atoms with Gasteiger partial charge in [-0.25, -0.2) is 4.98 Å². The smallest absolute Gasteiger partial charge is 0.294 e. The molecular formula is C26H29N3O3S. The summed E-state index contributed by atoms with van der Waals surface area (Å²) < 4.78 is 29.6. The maximum atomic E-state index is 10.5. The summed E-state index contributed by atoms with van der Waals surface area (Å²) in [5, 5.41) is 0. The molecule has 1 aromatic heterocycles. The van der Waals surface area contributed by atoms with E-state index in [0.29, 0.717) is 0 Å². The zero-order valence-corrected chi connectivity index (χ0v) is 19.9. The Bertz CT molecular complexity index is 1270. The Kier molecular flexibility index (Phi) is 8.03. The number of benzene rings is 3. The third kappa shape index (κ3) is 6.78. The standard InChI is InChI=1S/C19H21N3.C7H8O3S/c1-3-22(4-2)16-12-9-15(10-13-16)11-14-19-20-17-7-5-6-8-18(17)21-19;1-6-2-4-7(5-3-6)11(8,9)10/h5-14H,3-4H2,1-2H3,(H,20,21);2-5H,1H3,(H,8,9,10). The molecule has 0 aliphatic carbocycles. The quantitative estimate of drug-likeness (QED) is 0.352. The van der Waals surface area contributed by atoms with Crippen LogP contribution in [0.4, 0.5) is 5.69 Å². The van der Waals surface area contributed by atoms with E-state index in [0.717, 1.165) is 35.5 Å². The lowest BCUT2D eigenvalue weighted by molar-refractivity contribution is 0.483. The number of hydrogen-bond donors (Lipinski definition) is 2. The van der Waals surface area contributed by atoms with Crippen molar-refractivity contribution in [3.05, 3.63) is 89.7 Å². The second kappa shape index (κ2) is 10.9. The van der Waals surface area contributed by atoms with Gasteiger partial charge in [0, 0.05) is 18.8 Å². The number of nitrogens with one attached hydrogen (secondary N) is 1. The SMILES string of the molecule is CCN(CC)c1ccc(C=Cc2nc3ccccc3[nH]2)cc1.Cc1ccc(S(=O)(=O)O)cc1. The van der Waals surface area contributed by atoms with Gasteiger partial charge in [-0.3, -0.25) is 4.55 Å². The second-order valence-corrected chi connectivity index (χ2v) is 8.95. The molecule has 6 nitrogen and oxygen atoms in total. The first-order chi connectivity index (χ1) is 15.8. The number of fused-ring (bicyclic) bond motifs is 1. The van der Waals surface area contributed by atoms with Gasteiger partial charge in [0.15, 0.2) is 0 Å². The molecule has 3 aromatic carbocycles. The molecule has 0 spiro atoms. The van der Waals surface area contributed by atoms with Gasteiger partial charge in [-0.05, 0) is 68.8 Å². The molecule has 4 aromatic rings. The molecule has 0 aliphatic heterocycles. The molecule has 0 bridgehead atoms. The van der Waals surface area contributed by atoms with E-state index in [9.17, 15) is 8.42 Å². The number of imidazole rings is 1. The average Bonchev–Trinajstić information content (AvgIpc) is 3.23. The minimum atomic E-state index is -4.02. The summed E-state index contributed by atoms with van der Waals surface area (Å²) in [6.07, 6.45) is 4.11. The summed E-state index contributed by atoms with van der Waals surface area (Å²) >= 11 is 0. The van der Waals surface area contributed by atoms with E-state index in [-0.39, 0.29) is 4.90 Å². The summed E-state index contributed by atoms with van der Waals surface area (Å²) in [4.78, 5) is 10.1. The van der Waals surface area contributed by atoms with Crippen LogP contribution in [-0.2, 0) is 10.1 Å². The minimum Gasteiger partial charge on any atom is -0.372 e. The topological polar surface area (TPSA) is 86.3 Å². The van der Waals surface area contributed by atoms with Crippen molar-refractivity contribution in [3.63, 3.8) is 0 Å². The van der Waals surface area contributed by atoms with Crippen molar-refractivity contribution in [1.29, 1.82) is 0 Å². The molecule has 33 heavy (non-hydrogen) atoms. The van der Waals surface area contributed by atoms with Crippen LogP contribution in [0.1, 0.15) is 30.8 Å². The first-order valence-electron chi connectivity index (χ1n) is 10.8. The Hall–Kier alpha value is -3.42. The van der Waals surface area contributed by atoms with Gasteiger partial charge in [0.1, 0.15) is 5.82 Å². The van der Waals surface area contributed by atoms with Gasteiger partial charge in [-0.2, -0.15) is 8.42 Å². The number of aryl methyl sites for hydroxylation is 1. The molecule has 0 aliphatic rings. The van der Waals surface area contributed by atoms with Crippen LogP contribution in [0.15, 0.2) is 77.7 Å². The van der Waals surface area contributed by atoms with Crippen LogP contribution in [0.5, 0.6) is 0 Å². The maximum Gasteiger partial charge on any atom is 0.294 e. The van der Waals surface area contributed by atoms with Gasteiger partial charge in [-0.1, -0.05) is 48.0 Å². The molecule has 7 heteroatoms. The second-order valence-electron chi connectivity index (χ2n) is 7.52. The lowest BCUT2D eigenvalue weighted by Crippen LogP contribution is -2.21. The van der Waals surface area contributed by atoms with Crippen molar-refractivity contribution in [3.8, 4) is 0 Å². The molecule has 0 amide bonds. The molecule has 1 heterocycles. The number of anilines is 1. The van der Waals surface area contributed by atoms with Crippen LogP contribution in [-0.4, -0.2) is 36.0 Å². The van der Waals surface area contributed by atoms with Crippen molar-refractivity contribution in [2.24, 2.45) is 0 Å². The fraction of sp³-hybridized carbons (Fsp3) is 0.192. The van der Waals surface area contributed by atoms with E-state index >= 15 is 0 Å². The summed E-state index contributed by atoms with van der Waals surface area (Å²) in [5.74, 6) is 0.883. The fourth-order valence-corrected chi connectivity index (χ4v) is 3.80. The normalized spacial score (nSPS) is 11.4. The zero-order valence-electron chi connectivity index (χ0n) is 19.1. The van der Waals surface area contributed by atoms with Gasteiger partial charge < -0.3 is 9.88 Å². The first-order valence-corrected chi connectivity index (χ1v) is 12.3. The molecule has 0 unspecified atom stereocenters. The molecular weight excluding hydrogens is 434 g/mol. The van der Waals surface area contributed by atoms with Crippen LogP contribution >= 0.6 is 0 Å². The number of rotatable bonds is 6. The molecule has 172 valence electrons. The van der Waals surface area contributed by atoms with Crippen molar-refractivity contribution in [1.82, 2.24) is 9.97 Å². The maximum absolute atomic E-state index is 10.5. The van der Waals surface area contributed by atoms with Crippen LogP contribution in [0.3, 0.4) is 0 Å². The molecule has 0 radical (unpaired) electrons. The summed E-state index contributed by atoms with van der Waals surface area (Å²) in [6.45, 7) is 8.26. The first kappa shape index (κ1) is 24.2. The monoisotopic (exact) mass is 463 g/mol. The van der Waals surface area contributed by atoms with Gasteiger partial charge in [-0.15, -0.1) is 0 Å². The average molecular weight is 464 g/mol. The number of aromatic amines is 1. The van der Waals surface area contributed by atoms with E-state index in [1.54, 1.807) is 12.1 Å². The predicted octanol–water partition coefficient (Wildman–Crippen LogP) is 5.82. The van der Waals surface area contributed by atoms with Crippen LogP contribution in [0, 0.1) is 6.92 Å². The van der Waals surface area contributed by atoms with Gasteiger partial charge in [0.2, 0.25) is 0 Å². The number of H-pyrrole nitrogens is 1.